The van der Waals surface area contributed by atoms with Crippen molar-refractivity contribution in [3.05, 3.63) is 95.6 Å². The van der Waals surface area contributed by atoms with Gasteiger partial charge in [0.2, 0.25) is 0 Å². The van der Waals surface area contributed by atoms with Gasteiger partial charge in [-0.2, -0.15) is 13.2 Å². The summed E-state index contributed by atoms with van der Waals surface area (Å²) in [5, 5.41) is 2.51. The van der Waals surface area contributed by atoms with Crippen molar-refractivity contribution >= 4 is 21.6 Å². The van der Waals surface area contributed by atoms with E-state index >= 15 is 0 Å². The summed E-state index contributed by atoms with van der Waals surface area (Å²) >= 11 is 0. The summed E-state index contributed by atoms with van der Waals surface area (Å²) in [6.07, 6.45) is -4.46. The number of para-hydroxylation sites is 1. The number of hydrogen-bond acceptors (Lipinski definition) is 3. The van der Waals surface area contributed by atoms with Crippen molar-refractivity contribution in [3.8, 4) is 11.8 Å². The third-order valence-corrected chi connectivity index (χ3v) is 5.61. The van der Waals surface area contributed by atoms with Gasteiger partial charge in [0.05, 0.1) is 17.0 Å². The minimum Gasteiger partial charge on any atom is -0.341 e. The third-order valence-electron chi connectivity index (χ3n) is 4.21. The van der Waals surface area contributed by atoms with Crippen molar-refractivity contribution < 1.29 is 26.4 Å². The maximum Gasteiger partial charge on any atom is 0.416 e. The van der Waals surface area contributed by atoms with Crippen molar-refractivity contribution in [3.63, 3.8) is 0 Å². The Balaban J connectivity index is 1.60. The molecule has 0 aliphatic rings. The Labute approximate surface area is 183 Å². The summed E-state index contributed by atoms with van der Waals surface area (Å²) in [6, 6.07) is 18.3. The number of carbonyl (C=O) groups is 1. The molecule has 164 valence electrons. The van der Waals surface area contributed by atoms with Crippen LogP contribution in [0.1, 0.15) is 21.5 Å². The van der Waals surface area contributed by atoms with E-state index in [1.54, 1.807) is 30.3 Å². The SMILES string of the molecule is O=C(NCC#Cc1cccc(C(F)(F)F)c1)c1ccc(S(=O)(=O)Nc2ccccc2)cc1. The van der Waals surface area contributed by atoms with E-state index in [9.17, 15) is 26.4 Å². The summed E-state index contributed by atoms with van der Waals surface area (Å²) in [6.45, 7) is -0.0926. The predicted molar refractivity (Wildman–Crippen MR) is 114 cm³/mol. The van der Waals surface area contributed by atoms with Gasteiger partial charge < -0.3 is 5.32 Å². The van der Waals surface area contributed by atoms with Gasteiger partial charge in [0.25, 0.3) is 15.9 Å². The molecule has 3 rings (SSSR count). The molecule has 3 aromatic carbocycles. The van der Waals surface area contributed by atoms with Gasteiger partial charge in [0.15, 0.2) is 0 Å². The van der Waals surface area contributed by atoms with Crippen LogP contribution in [0.15, 0.2) is 83.8 Å². The van der Waals surface area contributed by atoms with Crippen LogP contribution in [-0.2, 0) is 16.2 Å². The Bertz CT molecular complexity index is 1260. The van der Waals surface area contributed by atoms with Crippen molar-refractivity contribution in [2.24, 2.45) is 0 Å². The first-order chi connectivity index (χ1) is 15.1. The molecule has 5 nitrogen and oxygen atoms in total. The summed E-state index contributed by atoms with van der Waals surface area (Å²) in [4.78, 5) is 12.2. The van der Waals surface area contributed by atoms with E-state index in [0.29, 0.717) is 5.69 Å². The van der Waals surface area contributed by atoms with Crippen LogP contribution in [0, 0.1) is 11.8 Å². The fraction of sp³-hybridized carbons (Fsp3) is 0.0870. The van der Waals surface area contributed by atoms with Gasteiger partial charge >= 0.3 is 6.18 Å². The van der Waals surface area contributed by atoms with Crippen LogP contribution in [0.4, 0.5) is 18.9 Å². The molecule has 2 N–H and O–H groups in total. The summed E-state index contributed by atoms with van der Waals surface area (Å²) in [5.74, 6) is 4.66. The smallest absolute Gasteiger partial charge is 0.341 e. The van der Waals surface area contributed by atoms with E-state index in [4.69, 9.17) is 0 Å². The summed E-state index contributed by atoms with van der Waals surface area (Å²) in [7, 11) is -3.81. The lowest BCUT2D eigenvalue weighted by atomic mass is 10.1. The van der Waals surface area contributed by atoms with E-state index in [1.165, 1.54) is 36.4 Å². The molecule has 0 spiro atoms. The lowest BCUT2D eigenvalue weighted by molar-refractivity contribution is -0.137. The minimum atomic E-state index is -4.46. The van der Waals surface area contributed by atoms with Crippen molar-refractivity contribution in [2.75, 3.05) is 11.3 Å². The molecule has 1 amide bonds. The van der Waals surface area contributed by atoms with E-state index in [2.05, 4.69) is 21.9 Å². The molecule has 0 aliphatic heterocycles. The fourth-order valence-corrected chi connectivity index (χ4v) is 3.71. The fourth-order valence-electron chi connectivity index (χ4n) is 2.65. The molecule has 32 heavy (non-hydrogen) atoms. The first kappa shape index (κ1) is 22.9. The van der Waals surface area contributed by atoms with E-state index in [0.717, 1.165) is 12.1 Å². The Morgan fingerprint density at radius 2 is 1.59 bits per heavy atom. The molecule has 0 unspecified atom stereocenters. The predicted octanol–water partition coefficient (Wildman–Crippen LogP) is 4.29. The van der Waals surface area contributed by atoms with Crippen LogP contribution in [-0.4, -0.2) is 20.9 Å². The molecule has 3 aromatic rings. The molecule has 0 radical (unpaired) electrons. The molecule has 0 aliphatic carbocycles. The van der Waals surface area contributed by atoms with Crippen molar-refractivity contribution in [2.45, 2.75) is 11.1 Å². The van der Waals surface area contributed by atoms with Crippen LogP contribution in [0.3, 0.4) is 0 Å². The van der Waals surface area contributed by atoms with Gasteiger partial charge in [-0.05, 0) is 54.6 Å². The highest BCUT2D eigenvalue weighted by molar-refractivity contribution is 7.92. The van der Waals surface area contributed by atoms with E-state index in [-0.39, 0.29) is 22.6 Å². The van der Waals surface area contributed by atoms with Crippen LogP contribution in [0.25, 0.3) is 0 Å². The van der Waals surface area contributed by atoms with Crippen molar-refractivity contribution in [1.82, 2.24) is 5.32 Å². The summed E-state index contributed by atoms with van der Waals surface area (Å²) < 4.78 is 65.4. The topological polar surface area (TPSA) is 75.3 Å². The Hall–Kier alpha value is -3.77. The maximum absolute atomic E-state index is 12.7. The number of sulfonamides is 1. The van der Waals surface area contributed by atoms with Crippen LogP contribution in [0.2, 0.25) is 0 Å². The zero-order valence-electron chi connectivity index (χ0n) is 16.5. The number of rotatable bonds is 5. The summed E-state index contributed by atoms with van der Waals surface area (Å²) in [5.41, 5.74) is -0.00197. The molecule has 9 heteroatoms. The second kappa shape index (κ2) is 9.58. The van der Waals surface area contributed by atoms with Gasteiger partial charge in [0.1, 0.15) is 0 Å². The van der Waals surface area contributed by atoms with E-state index < -0.39 is 27.7 Å². The first-order valence-corrected chi connectivity index (χ1v) is 10.8. The van der Waals surface area contributed by atoms with Gasteiger partial charge in [-0.15, -0.1) is 0 Å². The maximum atomic E-state index is 12.7. The number of benzene rings is 3. The number of anilines is 1. The molecule has 0 aromatic heterocycles. The standard InChI is InChI=1S/C23H17F3N2O3S/c24-23(25,26)19-8-4-6-17(16-19)7-5-15-27-22(29)18-11-13-21(14-12-18)32(30,31)28-20-9-2-1-3-10-20/h1-4,6,8-14,16,28H,15H2,(H,27,29). The molecule has 0 saturated heterocycles. The molecule has 0 fully saturated rings. The van der Waals surface area contributed by atoms with Gasteiger partial charge in [-0.25, -0.2) is 8.42 Å². The Kier molecular flexibility index (Phi) is 6.85. The monoisotopic (exact) mass is 458 g/mol. The lowest BCUT2D eigenvalue weighted by Crippen LogP contribution is -2.23. The largest absolute Gasteiger partial charge is 0.416 e. The van der Waals surface area contributed by atoms with Crippen LogP contribution < -0.4 is 10.0 Å². The second-order valence-corrected chi connectivity index (χ2v) is 8.24. The number of carbonyl (C=O) groups excluding carboxylic acids is 1. The van der Waals surface area contributed by atoms with Crippen molar-refractivity contribution in [1.29, 1.82) is 0 Å². The zero-order chi connectivity index (χ0) is 23.2. The molecule has 0 bridgehead atoms. The number of nitrogens with one attached hydrogen (secondary N) is 2. The molecule has 0 heterocycles. The Morgan fingerprint density at radius 1 is 0.906 bits per heavy atom. The number of alkyl halides is 3. The minimum absolute atomic E-state index is 0.0118. The van der Waals surface area contributed by atoms with Crippen LogP contribution >= 0.6 is 0 Å². The normalized spacial score (nSPS) is 11.2. The van der Waals surface area contributed by atoms with Gasteiger partial charge in [0, 0.05) is 16.8 Å². The highest BCUT2D eigenvalue weighted by Gasteiger charge is 2.30. The first-order valence-electron chi connectivity index (χ1n) is 9.27. The Morgan fingerprint density at radius 3 is 2.25 bits per heavy atom. The number of amides is 1. The quantitative estimate of drug-likeness (QED) is 0.561. The second-order valence-electron chi connectivity index (χ2n) is 6.56. The third kappa shape index (κ3) is 6.12. The molecular weight excluding hydrogens is 441 g/mol. The highest BCUT2D eigenvalue weighted by atomic mass is 32.2. The van der Waals surface area contributed by atoms with Gasteiger partial charge in [-0.3, -0.25) is 9.52 Å². The molecule has 0 saturated carbocycles. The number of halogens is 3. The van der Waals surface area contributed by atoms with Crippen LogP contribution in [0.5, 0.6) is 0 Å². The molecule has 0 atom stereocenters. The lowest BCUT2D eigenvalue weighted by Gasteiger charge is -2.08. The average Bonchev–Trinajstić information content (AvgIpc) is 2.77. The highest BCUT2D eigenvalue weighted by Crippen LogP contribution is 2.29. The van der Waals surface area contributed by atoms with E-state index in [1.807, 2.05) is 0 Å². The van der Waals surface area contributed by atoms with Gasteiger partial charge in [-0.1, -0.05) is 36.1 Å². The average molecular weight is 458 g/mol. The zero-order valence-corrected chi connectivity index (χ0v) is 17.3. The number of hydrogen-bond donors (Lipinski definition) is 2. The molecular formula is C23H17F3N2O3S.